The minimum atomic E-state index is 0.738. The van der Waals surface area contributed by atoms with Crippen LogP contribution < -0.4 is 0 Å². The van der Waals surface area contributed by atoms with Crippen LogP contribution in [0.25, 0.3) is 0 Å². The Morgan fingerprint density at radius 2 is 2.29 bits per heavy atom. The first-order valence-corrected chi connectivity index (χ1v) is 5.36. The number of aromatic nitrogens is 1. The Bertz CT molecular complexity index is 434. The average molecular weight is 202 g/mol. The van der Waals surface area contributed by atoms with Crippen molar-refractivity contribution < 1.29 is 0 Å². The van der Waals surface area contributed by atoms with Gasteiger partial charge in [-0.1, -0.05) is 6.07 Å². The summed E-state index contributed by atoms with van der Waals surface area (Å²) < 4.78 is 1.99. The van der Waals surface area contributed by atoms with Gasteiger partial charge in [-0.25, -0.2) is 0 Å². The Labute approximate surface area is 87.0 Å². The van der Waals surface area contributed by atoms with Gasteiger partial charge in [0.2, 0.25) is 0 Å². The van der Waals surface area contributed by atoms with Crippen molar-refractivity contribution in [2.75, 3.05) is 0 Å². The molecule has 0 aliphatic rings. The number of nitriles is 1. The molecular formula is C11H10N2S. The lowest BCUT2D eigenvalue weighted by atomic mass is 10.3. The predicted octanol–water partition coefficient (Wildman–Crippen LogP) is 2.66. The normalized spacial score (nSPS) is 9.93. The SMILES string of the molecule is N#Cc1cccn1CCc1cccs1. The third kappa shape index (κ3) is 1.86. The second-order valence-electron chi connectivity index (χ2n) is 3.03. The Morgan fingerprint density at radius 1 is 1.36 bits per heavy atom. The molecular weight excluding hydrogens is 192 g/mol. The topological polar surface area (TPSA) is 28.7 Å². The van der Waals surface area contributed by atoms with Gasteiger partial charge in [0, 0.05) is 17.6 Å². The number of aryl methyl sites for hydroxylation is 2. The maximum Gasteiger partial charge on any atom is 0.120 e. The molecule has 0 atom stereocenters. The molecule has 2 nitrogen and oxygen atoms in total. The molecule has 0 amide bonds. The standard InChI is InChI=1S/C11H10N2S/c12-9-10-3-1-6-13(10)7-5-11-4-2-8-14-11/h1-4,6,8H,5,7H2. The molecule has 0 saturated heterocycles. The van der Waals surface area contributed by atoms with Crippen LogP contribution >= 0.6 is 11.3 Å². The lowest BCUT2D eigenvalue weighted by molar-refractivity contribution is 0.699. The summed E-state index contributed by atoms with van der Waals surface area (Å²) in [6, 6.07) is 10.1. The molecule has 2 aromatic heterocycles. The molecule has 0 aliphatic carbocycles. The van der Waals surface area contributed by atoms with E-state index in [4.69, 9.17) is 5.26 Å². The molecule has 70 valence electrons. The van der Waals surface area contributed by atoms with E-state index in [9.17, 15) is 0 Å². The van der Waals surface area contributed by atoms with Gasteiger partial charge in [-0.05, 0) is 30.0 Å². The fourth-order valence-corrected chi connectivity index (χ4v) is 2.09. The van der Waals surface area contributed by atoms with Crippen LogP contribution in [0.15, 0.2) is 35.8 Å². The fourth-order valence-electron chi connectivity index (χ4n) is 1.40. The Hall–Kier alpha value is -1.53. The third-order valence-corrected chi connectivity index (χ3v) is 3.06. The zero-order chi connectivity index (χ0) is 9.80. The van der Waals surface area contributed by atoms with E-state index in [0.717, 1.165) is 18.7 Å². The highest BCUT2D eigenvalue weighted by Crippen LogP contribution is 2.11. The van der Waals surface area contributed by atoms with Gasteiger partial charge in [-0.3, -0.25) is 0 Å². The number of rotatable bonds is 3. The van der Waals surface area contributed by atoms with E-state index in [-0.39, 0.29) is 0 Å². The van der Waals surface area contributed by atoms with E-state index < -0.39 is 0 Å². The molecule has 0 fully saturated rings. The second-order valence-corrected chi connectivity index (χ2v) is 4.06. The van der Waals surface area contributed by atoms with Crippen LogP contribution in [-0.2, 0) is 13.0 Å². The summed E-state index contributed by atoms with van der Waals surface area (Å²) in [6.45, 7) is 0.885. The molecule has 0 spiro atoms. The summed E-state index contributed by atoms with van der Waals surface area (Å²) >= 11 is 1.76. The summed E-state index contributed by atoms with van der Waals surface area (Å²) in [5, 5.41) is 10.9. The van der Waals surface area contributed by atoms with Crippen LogP contribution in [0.3, 0.4) is 0 Å². The van der Waals surface area contributed by atoms with Crippen molar-refractivity contribution in [3.8, 4) is 6.07 Å². The Balaban J connectivity index is 2.02. The van der Waals surface area contributed by atoms with Crippen molar-refractivity contribution in [3.05, 3.63) is 46.4 Å². The summed E-state index contributed by atoms with van der Waals surface area (Å²) in [5.41, 5.74) is 0.738. The van der Waals surface area contributed by atoms with Crippen molar-refractivity contribution >= 4 is 11.3 Å². The highest BCUT2D eigenvalue weighted by Gasteiger charge is 1.99. The Morgan fingerprint density at radius 3 is 3.00 bits per heavy atom. The first kappa shape index (κ1) is 9.04. The monoisotopic (exact) mass is 202 g/mol. The molecule has 0 saturated carbocycles. The van der Waals surface area contributed by atoms with E-state index in [1.165, 1.54) is 4.88 Å². The lowest BCUT2D eigenvalue weighted by Crippen LogP contribution is -2.00. The van der Waals surface area contributed by atoms with Gasteiger partial charge in [0.15, 0.2) is 0 Å². The first-order chi connectivity index (χ1) is 6.90. The van der Waals surface area contributed by atoms with E-state index in [0.29, 0.717) is 0 Å². The van der Waals surface area contributed by atoms with E-state index >= 15 is 0 Å². The molecule has 2 rings (SSSR count). The van der Waals surface area contributed by atoms with Crippen LogP contribution in [0.4, 0.5) is 0 Å². The summed E-state index contributed by atoms with van der Waals surface area (Å²) in [5.74, 6) is 0. The second kappa shape index (κ2) is 4.12. The van der Waals surface area contributed by atoms with Crippen LogP contribution in [0.2, 0.25) is 0 Å². The van der Waals surface area contributed by atoms with Gasteiger partial charge in [0.05, 0.1) is 0 Å². The maximum atomic E-state index is 8.80. The number of hydrogen-bond donors (Lipinski definition) is 0. The van der Waals surface area contributed by atoms with Crippen molar-refractivity contribution in [1.29, 1.82) is 5.26 Å². The average Bonchev–Trinajstić information content (AvgIpc) is 2.85. The van der Waals surface area contributed by atoms with E-state index in [1.54, 1.807) is 11.3 Å². The zero-order valence-electron chi connectivity index (χ0n) is 7.68. The van der Waals surface area contributed by atoms with Gasteiger partial charge < -0.3 is 4.57 Å². The summed E-state index contributed by atoms with van der Waals surface area (Å²) in [7, 11) is 0. The van der Waals surface area contributed by atoms with Gasteiger partial charge in [0.25, 0.3) is 0 Å². The molecule has 3 heteroatoms. The Kier molecular flexibility index (Phi) is 2.66. The predicted molar refractivity (Wildman–Crippen MR) is 57.2 cm³/mol. The highest BCUT2D eigenvalue weighted by molar-refractivity contribution is 7.09. The van der Waals surface area contributed by atoms with Crippen molar-refractivity contribution in [3.63, 3.8) is 0 Å². The van der Waals surface area contributed by atoms with E-state index in [1.807, 2.05) is 22.9 Å². The molecule has 0 aromatic carbocycles. The summed E-state index contributed by atoms with van der Waals surface area (Å²) in [4.78, 5) is 1.36. The van der Waals surface area contributed by atoms with Crippen LogP contribution in [0, 0.1) is 11.3 Å². The number of hydrogen-bond acceptors (Lipinski definition) is 2. The number of nitrogens with zero attached hydrogens (tertiary/aromatic N) is 2. The summed E-state index contributed by atoms with van der Waals surface area (Å²) in [6.07, 6.45) is 2.95. The molecule has 2 heterocycles. The van der Waals surface area contributed by atoms with Gasteiger partial charge in [0.1, 0.15) is 11.8 Å². The van der Waals surface area contributed by atoms with Crippen molar-refractivity contribution in [2.45, 2.75) is 13.0 Å². The quantitative estimate of drug-likeness (QED) is 0.752. The largest absolute Gasteiger partial charge is 0.339 e. The minimum Gasteiger partial charge on any atom is -0.339 e. The van der Waals surface area contributed by atoms with Gasteiger partial charge in [-0.15, -0.1) is 11.3 Å². The molecule has 0 aliphatic heterocycles. The van der Waals surface area contributed by atoms with E-state index in [2.05, 4.69) is 23.6 Å². The molecule has 2 aromatic rings. The lowest BCUT2D eigenvalue weighted by Gasteiger charge is -2.02. The van der Waals surface area contributed by atoms with Crippen LogP contribution in [-0.4, -0.2) is 4.57 Å². The van der Waals surface area contributed by atoms with Crippen molar-refractivity contribution in [2.24, 2.45) is 0 Å². The smallest absolute Gasteiger partial charge is 0.120 e. The highest BCUT2D eigenvalue weighted by atomic mass is 32.1. The molecule has 0 unspecified atom stereocenters. The number of thiophene rings is 1. The zero-order valence-corrected chi connectivity index (χ0v) is 8.50. The van der Waals surface area contributed by atoms with Gasteiger partial charge in [-0.2, -0.15) is 5.26 Å². The molecule has 14 heavy (non-hydrogen) atoms. The van der Waals surface area contributed by atoms with Crippen molar-refractivity contribution in [1.82, 2.24) is 4.57 Å². The maximum absolute atomic E-state index is 8.80. The van der Waals surface area contributed by atoms with Crippen LogP contribution in [0.5, 0.6) is 0 Å². The molecule has 0 bridgehead atoms. The van der Waals surface area contributed by atoms with Crippen LogP contribution in [0.1, 0.15) is 10.6 Å². The minimum absolute atomic E-state index is 0.738. The third-order valence-electron chi connectivity index (χ3n) is 2.12. The molecule has 0 radical (unpaired) electrons. The molecule has 0 N–H and O–H groups in total. The fraction of sp³-hybridized carbons (Fsp3) is 0.182. The van der Waals surface area contributed by atoms with Gasteiger partial charge >= 0.3 is 0 Å². The first-order valence-electron chi connectivity index (χ1n) is 4.48.